The molecule has 0 unspecified atom stereocenters. The number of hydrogen-bond donors (Lipinski definition) is 3. The van der Waals surface area contributed by atoms with E-state index in [1.807, 2.05) is 0 Å². The minimum Gasteiger partial charge on any atom is -0.405 e. The van der Waals surface area contributed by atoms with Crippen molar-refractivity contribution >= 4 is 24.6 Å². The van der Waals surface area contributed by atoms with Crippen molar-refractivity contribution in [2.75, 3.05) is 0 Å². The molecule has 0 aliphatic carbocycles. The Bertz CT molecular complexity index is 1390. The van der Waals surface area contributed by atoms with Gasteiger partial charge in [-0.3, -0.25) is 5.14 Å². The van der Waals surface area contributed by atoms with Crippen LogP contribution in [-0.2, 0) is 6.42 Å². The molecule has 0 saturated carbocycles. The zero-order valence-electron chi connectivity index (χ0n) is 22.3. The molecule has 0 saturated heterocycles. The van der Waals surface area contributed by atoms with Crippen molar-refractivity contribution < 1.29 is 22.0 Å². The van der Waals surface area contributed by atoms with Crippen LogP contribution in [0.3, 0.4) is 0 Å². The average molecular weight is 591 g/mol. The standard InChI is InChI=1S/C28H20F5NS.C3H8.H3NS/c1-16-23(29)14-20(15-24(16)30)22-9-6-19(13-25(22)31)18-4-7-21(8-5-18)35-28-26(32)11-17(3-2-10-34)12-27(28)33;1-3-2;1-2/h2,4-15H,3,34H2,1H3;3H2,1-2H3;2H,1H2/b10-2-;;. The Hall–Kier alpha value is -3.27. The molecule has 0 fully saturated rings. The Morgan fingerprint density at radius 2 is 1.20 bits per heavy atom. The zero-order valence-corrected chi connectivity index (χ0v) is 24.0. The number of hydrogen-bond acceptors (Lipinski definition) is 4. The lowest BCUT2D eigenvalue weighted by atomic mass is 9.98. The molecule has 0 heterocycles. The van der Waals surface area contributed by atoms with Gasteiger partial charge in [0, 0.05) is 16.0 Å². The molecular weight excluding hydrogens is 559 g/mol. The highest BCUT2D eigenvalue weighted by molar-refractivity contribution is 7.99. The van der Waals surface area contributed by atoms with E-state index in [0.717, 1.165) is 23.9 Å². The third kappa shape index (κ3) is 8.61. The van der Waals surface area contributed by atoms with Gasteiger partial charge in [-0.15, -0.1) is 12.8 Å². The van der Waals surface area contributed by atoms with Gasteiger partial charge in [0.2, 0.25) is 0 Å². The number of benzene rings is 4. The summed E-state index contributed by atoms with van der Waals surface area (Å²) in [5.74, 6) is -3.45. The molecule has 0 aliphatic rings. The molecule has 4 rings (SSSR count). The molecule has 4 aromatic rings. The third-order valence-corrected chi connectivity index (χ3v) is 6.62. The Labute approximate surface area is 241 Å². The summed E-state index contributed by atoms with van der Waals surface area (Å²) in [6.07, 6.45) is 4.50. The quantitative estimate of drug-likeness (QED) is 0.155. The first-order valence-electron chi connectivity index (χ1n) is 12.3. The van der Waals surface area contributed by atoms with Gasteiger partial charge in [-0.05, 0) is 84.3 Å². The fraction of sp³-hybridized carbons (Fsp3) is 0.161. The maximum Gasteiger partial charge on any atom is 0.140 e. The first-order valence-corrected chi connectivity index (χ1v) is 13.7. The second-order valence-electron chi connectivity index (χ2n) is 8.61. The van der Waals surface area contributed by atoms with Crippen LogP contribution in [0.1, 0.15) is 31.4 Å². The first-order chi connectivity index (χ1) is 19.2. The molecule has 0 aliphatic heterocycles. The van der Waals surface area contributed by atoms with Crippen molar-refractivity contribution in [3.05, 3.63) is 119 Å². The predicted molar refractivity (Wildman–Crippen MR) is 159 cm³/mol. The SMILES string of the molecule is CCC.Cc1c(F)cc(-c2ccc(-c3ccc(Sc4c(F)cc(C/C=C\N)cc4F)cc3)cc2F)cc1F.NS. The van der Waals surface area contributed by atoms with Gasteiger partial charge in [0.25, 0.3) is 0 Å². The van der Waals surface area contributed by atoms with Crippen LogP contribution in [0.2, 0.25) is 0 Å². The molecule has 9 heteroatoms. The Morgan fingerprint density at radius 1 is 0.700 bits per heavy atom. The molecule has 0 aromatic heterocycles. The summed E-state index contributed by atoms with van der Waals surface area (Å²) in [4.78, 5) is 0.482. The smallest absolute Gasteiger partial charge is 0.140 e. The van der Waals surface area contributed by atoms with Gasteiger partial charge in [0.1, 0.15) is 29.1 Å². The summed E-state index contributed by atoms with van der Waals surface area (Å²) >= 11 is 3.97. The molecule has 0 bridgehead atoms. The summed E-state index contributed by atoms with van der Waals surface area (Å²) in [6, 6.07) is 15.9. The van der Waals surface area contributed by atoms with Crippen molar-refractivity contribution in [1.82, 2.24) is 0 Å². The molecule has 0 amide bonds. The van der Waals surface area contributed by atoms with Crippen LogP contribution < -0.4 is 10.9 Å². The number of nitrogens with two attached hydrogens (primary N) is 2. The topological polar surface area (TPSA) is 52.0 Å². The van der Waals surface area contributed by atoms with Crippen molar-refractivity contribution in [1.29, 1.82) is 0 Å². The van der Waals surface area contributed by atoms with E-state index in [2.05, 4.69) is 31.8 Å². The summed E-state index contributed by atoms with van der Waals surface area (Å²) in [5.41, 5.74) is 7.03. The number of rotatable bonds is 6. The second kappa shape index (κ2) is 16.1. The van der Waals surface area contributed by atoms with Crippen LogP contribution in [0.5, 0.6) is 0 Å². The van der Waals surface area contributed by atoms with Crippen molar-refractivity contribution in [3.63, 3.8) is 0 Å². The van der Waals surface area contributed by atoms with Crippen molar-refractivity contribution in [3.8, 4) is 22.3 Å². The summed E-state index contributed by atoms with van der Waals surface area (Å²) in [7, 11) is 0. The van der Waals surface area contributed by atoms with Crippen LogP contribution in [0, 0.1) is 36.0 Å². The molecular formula is C31H31F5N2S2. The minimum absolute atomic E-state index is 0.0788. The highest BCUT2D eigenvalue weighted by Crippen LogP contribution is 2.35. The lowest BCUT2D eigenvalue weighted by Crippen LogP contribution is -1.93. The summed E-state index contributed by atoms with van der Waals surface area (Å²) in [5, 5.41) is 4.19. The number of thiol groups is 1. The lowest BCUT2D eigenvalue weighted by Gasteiger charge is -2.10. The molecule has 0 atom stereocenters. The largest absolute Gasteiger partial charge is 0.405 e. The van der Waals surface area contributed by atoms with E-state index in [1.54, 1.807) is 36.4 Å². The maximum absolute atomic E-state index is 14.8. The molecule has 40 heavy (non-hydrogen) atoms. The Balaban J connectivity index is 0.00000105. The van der Waals surface area contributed by atoms with Gasteiger partial charge < -0.3 is 5.73 Å². The predicted octanol–water partition coefficient (Wildman–Crippen LogP) is 9.40. The van der Waals surface area contributed by atoms with Gasteiger partial charge in [-0.25, -0.2) is 22.0 Å². The van der Waals surface area contributed by atoms with Crippen LogP contribution in [0.15, 0.2) is 88.8 Å². The van der Waals surface area contributed by atoms with E-state index in [1.165, 1.54) is 43.8 Å². The Morgan fingerprint density at radius 3 is 1.70 bits per heavy atom. The van der Waals surface area contributed by atoms with E-state index < -0.39 is 29.1 Å². The van der Waals surface area contributed by atoms with E-state index in [-0.39, 0.29) is 21.6 Å². The van der Waals surface area contributed by atoms with Gasteiger partial charge in [0.05, 0.1) is 4.90 Å². The van der Waals surface area contributed by atoms with Gasteiger partial charge in [-0.1, -0.05) is 62.4 Å². The third-order valence-electron chi connectivity index (χ3n) is 5.52. The van der Waals surface area contributed by atoms with E-state index in [0.29, 0.717) is 28.0 Å². The molecule has 4 N–H and O–H groups in total. The summed E-state index contributed by atoms with van der Waals surface area (Å²) in [6.45, 7) is 5.56. The summed E-state index contributed by atoms with van der Waals surface area (Å²) < 4.78 is 71.5. The van der Waals surface area contributed by atoms with Crippen LogP contribution in [0.4, 0.5) is 22.0 Å². The van der Waals surface area contributed by atoms with Crippen LogP contribution in [0.25, 0.3) is 22.3 Å². The number of allylic oxidation sites excluding steroid dienone is 1. The highest BCUT2D eigenvalue weighted by Gasteiger charge is 2.14. The van der Waals surface area contributed by atoms with Crippen LogP contribution in [-0.4, -0.2) is 0 Å². The normalized spacial score (nSPS) is 10.6. The van der Waals surface area contributed by atoms with Gasteiger partial charge in [0.15, 0.2) is 0 Å². The molecule has 0 spiro atoms. The van der Waals surface area contributed by atoms with Gasteiger partial charge in [-0.2, -0.15) is 0 Å². The molecule has 0 radical (unpaired) electrons. The first kappa shape index (κ1) is 32.9. The monoisotopic (exact) mass is 590 g/mol. The molecule has 2 nitrogen and oxygen atoms in total. The number of halogens is 5. The van der Waals surface area contributed by atoms with Crippen molar-refractivity contribution in [2.45, 2.75) is 43.4 Å². The van der Waals surface area contributed by atoms with Crippen LogP contribution >= 0.6 is 24.6 Å². The minimum atomic E-state index is -0.744. The highest BCUT2D eigenvalue weighted by atomic mass is 32.2. The fourth-order valence-corrected chi connectivity index (χ4v) is 4.42. The molecule has 4 aromatic carbocycles. The average Bonchev–Trinajstić information content (AvgIpc) is 2.94. The zero-order chi connectivity index (χ0) is 29.8. The Kier molecular flexibility index (Phi) is 13.3. The van der Waals surface area contributed by atoms with Crippen molar-refractivity contribution in [2.24, 2.45) is 10.9 Å². The van der Waals surface area contributed by atoms with E-state index in [4.69, 9.17) is 5.73 Å². The lowest BCUT2D eigenvalue weighted by molar-refractivity contribution is 0.538. The second-order valence-corrected chi connectivity index (χ2v) is 9.70. The van der Waals surface area contributed by atoms with E-state index in [9.17, 15) is 22.0 Å². The molecule has 212 valence electrons. The van der Waals surface area contributed by atoms with Gasteiger partial charge >= 0.3 is 0 Å². The van der Waals surface area contributed by atoms with E-state index >= 15 is 0 Å². The maximum atomic E-state index is 14.8. The fourth-order valence-electron chi connectivity index (χ4n) is 3.59.